The third-order valence-electron chi connectivity index (χ3n) is 5.46. The molecule has 0 bridgehead atoms. The SMILES string of the molecule is CCn1cncc1[C@@H](CC(=O)O)NC(=O)OCC1c2ccccc2-c2ccccc21. The van der Waals surface area contributed by atoms with Crippen LogP contribution in [0.2, 0.25) is 0 Å². The lowest BCUT2D eigenvalue weighted by Gasteiger charge is -2.19. The average molecular weight is 405 g/mol. The van der Waals surface area contributed by atoms with Crippen LogP contribution in [0.5, 0.6) is 0 Å². The minimum Gasteiger partial charge on any atom is -0.481 e. The van der Waals surface area contributed by atoms with Gasteiger partial charge in [0.2, 0.25) is 0 Å². The number of nitrogens with zero attached hydrogens (tertiary/aromatic N) is 2. The van der Waals surface area contributed by atoms with Crippen molar-refractivity contribution in [1.29, 1.82) is 0 Å². The van der Waals surface area contributed by atoms with Gasteiger partial charge in [-0.1, -0.05) is 48.5 Å². The number of aryl methyl sites for hydroxylation is 1. The van der Waals surface area contributed by atoms with Gasteiger partial charge in [-0.05, 0) is 29.2 Å². The Morgan fingerprint density at radius 3 is 2.37 bits per heavy atom. The van der Waals surface area contributed by atoms with E-state index in [4.69, 9.17) is 4.74 Å². The molecule has 0 aliphatic heterocycles. The maximum absolute atomic E-state index is 12.6. The second-order valence-corrected chi connectivity index (χ2v) is 7.22. The van der Waals surface area contributed by atoms with E-state index in [9.17, 15) is 14.7 Å². The van der Waals surface area contributed by atoms with Crippen LogP contribution < -0.4 is 5.32 Å². The molecular weight excluding hydrogens is 382 g/mol. The lowest BCUT2D eigenvalue weighted by Crippen LogP contribution is -2.32. The molecule has 2 N–H and O–H groups in total. The standard InChI is InChI=1S/C23H23N3O4/c1-2-26-14-24-12-21(26)20(11-22(27)28)25-23(29)30-13-19-17-9-5-3-7-15(17)16-8-4-6-10-18(16)19/h3-10,12,14,19-20H,2,11,13H2,1H3,(H,25,29)(H,27,28)/t20-/m1/s1. The number of carboxylic acids is 1. The predicted molar refractivity (Wildman–Crippen MR) is 111 cm³/mol. The zero-order valence-electron chi connectivity index (χ0n) is 16.6. The van der Waals surface area contributed by atoms with Crippen LogP contribution in [0.15, 0.2) is 61.1 Å². The van der Waals surface area contributed by atoms with Gasteiger partial charge in [0, 0.05) is 12.5 Å². The first-order chi connectivity index (χ1) is 14.6. The highest BCUT2D eigenvalue weighted by molar-refractivity contribution is 5.79. The van der Waals surface area contributed by atoms with Crippen LogP contribution in [0.3, 0.4) is 0 Å². The van der Waals surface area contributed by atoms with E-state index in [0.717, 1.165) is 22.3 Å². The molecule has 1 aliphatic rings. The summed E-state index contributed by atoms with van der Waals surface area (Å²) >= 11 is 0. The van der Waals surface area contributed by atoms with Crippen LogP contribution in [-0.4, -0.2) is 33.3 Å². The molecule has 1 atom stereocenters. The van der Waals surface area contributed by atoms with Crippen molar-refractivity contribution in [2.24, 2.45) is 0 Å². The van der Waals surface area contributed by atoms with Crippen LogP contribution in [0.25, 0.3) is 11.1 Å². The van der Waals surface area contributed by atoms with Crippen molar-refractivity contribution >= 4 is 12.1 Å². The summed E-state index contributed by atoms with van der Waals surface area (Å²) < 4.78 is 7.35. The van der Waals surface area contributed by atoms with Crippen LogP contribution in [0, 0.1) is 0 Å². The maximum atomic E-state index is 12.6. The zero-order valence-corrected chi connectivity index (χ0v) is 16.6. The molecule has 4 rings (SSSR count). The third kappa shape index (κ3) is 3.78. The van der Waals surface area contributed by atoms with E-state index in [-0.39, 0.29) is 18.9 Å². The minimum atomic E-state index is -1.01. The highest BCUT2D eigenvalue weighted by Crippen LogP contribution is 2.44. The van der Waals surface area contributed by atoms with Crippen LogP contribution in [0.1, 0.15) is 42.1 Å². The summed E-state index contributed by atoms with van der Waals surface area (Å²) in [6, 6.07) is 15.5. The molecule has 154 valence electrons. The van der Waals surface area contributed by atoms with E-state index in [1.54, 1.807) is 17.1 Å². The number of fused-ring (bicyclic) bond motifs is 3. The first-order valence-corrected chi connectivity index (χ1v) is 9.91. The number of ether oxygens (including phenoxy) is 1. The summed E-state index contributed by atoms with van der Waals surface area (Å²) in [6.45, 7) is 2.72. The van der Waals surface area contributed by atoms with Gasteiger partial charge in [-0.2, -0.15) is 0 Å². The molecule has 0 radical (unpaired) electrons. The number of carboxylic acid groups (broad SMARTS) is 1. The van der Waals surface area contributed by atoms with E-state index >= 15 is 0 Å². The lowest BCUT2D eigenvalue weighted by molar-refractivity contribution is -0.137. The van der Waals surface area contributed by atoms with Gasteiger partial charge in [-0.3, -0.25) is 4.79 Å². The topological polar surface area (TPSA) is 93.5 Å². The van der Waals surface area contributed by atoms with E-state index in [1.165, 1.54) is 0 Å². The van der Waals surface area contributed by atoms with Crippen LogP contribution in [-0.2, 0) is 16.1 Å². The number of aromatic nitrogens is 2. The molecule has 1 heterocycles. The second-order valence-electron chi connectivity index (χ2n) is 7.22. The maximum Gasteiger partial charge on any atom is 0.407 e. The highest BCUT2D eigenvalue weighted by atomic mass is 16.5. The van der Waals surface area contributed by atoms with Gasteiger partial charge >= 0.3 is 12.1 Å². The number of rotatable bonds is 7. The summed E-state index contributed by atoms with van der Waals surface area (Å²) in [6.07, 6.45) is 2.28. The number of amides is 1. The van der Waals surface area contributed by atoms with E-state index in [2.05, 4.69) is 22.4 Å². The van der Waals surface area contributed by atoms with Crippen molar-refractivity contribution in [2.75, 3.05) is 6.61 Å². The number of aliphatic carboxylic acids is 1. The molecule has 1 aromatic heterocycles. The molecule has 1 amide bonds. The largest absolute Gasteiger partial charge is 0.481 e. The van der Waals surface area contributed by atoms with E-state index in [1.807, 2.05) is 43.3 Å². The van der Waals surface area contributed by atoms with Gasteiger partial charge in [0.1, 0.15) is 6.61 Å². The number of hydrogen-bond acceptors (Lipinski definition) is 4. The van der Waals surface area contributed by atoms with E-state index < -0.39 is 18.1 Å². The van der Waals surface area contributed by atoms with Gasteiger partial charge in [0.25, 0.3) is 0 Å². The summed E-state index contributed by atoms with van der Waals surface area (Å²) in [5, 5.41) is 12.0. The summed E-state index contributed by atoms with van der Waals surface area (Å²) in [4.78, 5) is 27.9. The average Bonchev–Trinajstić information content (AvgIpc) is 3.34. The number of carbonyl (C=O) groups is 2. The molecular formula is C23H23N3O4. The summed E-state index contributed by atoms with van der Waals surface area (Å²) in [5.74, 6) is -1.06. The first kappa shape index (κ1) is 19.7. The molecule has 3 aromatic rings. The smallest absolute Gasteiger partial charge is 0.407 e. The summed E-state index contributed by atoms with van der Waals surface area (Å²) in [5.41, 5.74) is 5.18. The van der Waals surface area contributed by atoms with Crippen molar-refractivity contribution in [3.8, 4) is 11.1 Å². The molecule has 0 saturated heterocycles. The van der Waals surface area contributed by atoms with Crippen molar-refractivity contribution in [3.05, 3.63) is 77.9 Å². The number of imidazole rings is 1. The van der Waals surface area contributed by atoms with Crippen LogP contribution >= 0.6 is 0 Å². The number of nitrogens with one attached hydrogen (secondary N) is 1. The number of benzene rings is 2. The number of alkyl carbamates (subject to hydrolysis) is 1. The van der Waals surface area contributed by atoms with Crippen molar-refractivity contribution in [1.82, 2.24) is 14.9 Å². The van der Waals surface area contributed by atoms with Gasteiger partial charge in [0.05, 0.1) is 30.7 Å². The fourth-order valence-electron chi connectivity index (χ4n) is 4.07. The Morgan fingerprint density at radius 2 is 1.77 bits per heavy atom. The molecule has 0 spiro atoms. The Labute approximate surface area is 174 Å². The molecule has 0 unspecified atom stereocenters. The van der Waals surface area contributed by atoms with Gasteiger partial charge in [-0.25, -0.2) is 9.78 Å². The van der Waals surface area contributed by atoms with Crippen molar-refractivity contribution in [2.45, 2.75) is 31.8 Å². The molecule has 7 nitrogen and oxygen atoms in total. The molecule has 2 aromatic carbocycles. The van der Waals surface area contributed by atoms with Crippen molar-refractivity contribution in [3.63, 3.8) is 0 Å². The second kappa shape index (κ2) is 8.41. The highest BCUT2D eigenvalue weighted by Gasteiger charge is 2.29. The first-order valence-electron chi connectivity index (χ1n) is 9.91. The molecule has 0 fully saturated rings. The fourth-order valence-corrected chi connectivity index (χ4v) is 4.07. The summed E-state index contributed by atoms with van der Waals surface area (Å²) in [7, 11) is 0. The normalized spacial score (nSPS) is 13.4. The molecule has 30 heavy (non-hydrogen) atoms. The monoisotopic (exact) mass is 405 g/mol. The van der Waals surface area contributed by atoms with Gasteiger partial charge < -0.3 is 19.7 Å². The Hall–Kier alpha value is -3.61. The number of hydrogen-bond donors (Lipinski definition) is 2. The third-order valence-corrected chi connectivity index (χ3v) is 5.46. The fraction of sp³-hybridized carbons (Fsp3) is 0.261. The Kier molecular flexibility index (Phi) is 5.52. The predicted octanol–water partition coefficient (Wildman–Crippen LogP) is 3.96. The van der Waals surface area contributed by atoms with E-state index in [0.29, 0.717) is 12.2 Å². The Bertz CT molecular complexity index is 1030. The zero-order chi connectivity index (χ0) is 21.1. The Morgan fingerprint density at radius 1 is 1.13 bits per heavy atom. The Balaban J connectivity index is 1.48. The van der Waals surface area contributed by atoms with Gasteiger partial charge in [-0.15, -0.1) is 0 Å². The van der Waals surface area contributed by atoms with Crippen LogP contribution in [0.4, 0.5) is 4.79 Å². The number of carbonyl (C=O) groups excluding carboxylic acids is 1. The molecule has 0 saturated carbocycles. The molecule has 7 heteroatoms. The minimum absolute atomic E-state index is 0.0535. The molecule has 1 aliphatic carbocycles. The lowest BCUT2D eigenvalue weighted by atomic mass is 9.98. The quantitative estimate of drug-likeness (QED) is 0.621. The van der Waals surface area contributed by atoms with Gasteiger partial charge in [0.15, 0.2) is 0 Å². The van der Waals surface area contributed by atoms with Crippen molar-refractivity contribution < 1.29 is 19.4 Å².